The summed E-state index contributed by atoms with van der Waals surface area (Å²) in [7, 11) is 0. The number of imidazole rings is 1. The molecule has 1 saturated heterocycles. The van der Waals surface area contributed by atoms with Crippen molar-refractivity contribution in [2.75, 3.05) is 26.3 Å². The maximum atomic E-state index is 12.2. The molecule has 2 aromatic rings. The number of aromatic nitrogens is 2. The zero-order valence-corrected chi connectivity index (χ0v) is 12.0. The lowest BCUT2D eigenvalue weighted by atomic mass is 9.90. The molecule has 1 fully saturated rings. The Labute approximate surface area is 127 Å². The van der Waals surface area contributed by atoms with E-state index in [1.54, 1.807) is 12.1 Å². The number of hydrogen-bond acceptors (Lipinski definition) is 5. The van der Waals surface area contributed by atoms with E-state index >= 15 is 0 Å². The first-order valence-electron chi connectivity index (χ1n) is 7.31. The molecule has 1 aromatic carbocycles. The van der Waals surface area contributed by atoms with Crippen LogP contribution in [0.1, 0.15) is 26.7 Å². The van der Waals surface area contributed by atoms with Crippen LogP contribution in [0.3, 0.4) is 0 Å². The first-order chi connectivity index (χ1) is 10.7. The molecule has 0 spiro atoms. The summed E-state index contributed by atoms with van der Waals surface area (Å²) in [6.07, 6.45) is 0. The molecular formula is C16H15N3O3. The first-order valence-corrected chi connectivity index (χ1v) is 7.31. The molecular weight excluding hydrogens is 282 g/mol. The van der Waals surface area contributed by atoms with Gasteiger partial charge in [-0.3, -0.25) is 14.5 Å². The van der Waals surface area contributed by atoms with E-state index in [0.717, 1.165) is 18.7 Å². The third kappa shape index (κ3) is 2.08. The number of fused-ring (bicyclic) bond motifs is 3. The lowest BCUT2D eigenvalue weighted by Crippen LogP contribution is -2.35. The molecule has 4 rings (SSSR count). The van der Waals surface area contributed by atoms with E-state index < -0.39 is 11.6 Å². The molecule has 0 amide bonds. The molecule has 0 radical (unpaired) electrons. The van der Waals surface area contributed by atoms with Gasteiger partial charge in [0.2, 0.25) is 5.78 Å². The number of nitrogens with one attached hydrogen (secondary N) is 1. The summed E-state index contributed by atoms with van der Waals surface area (Å²) in [6, 6.07) is 7.12. The molecule has 1 N–H and O–H groups in total. The Hall–Kier alpha value is -2.31. The molecule has 0 atom stereocenters. The van der Waals surface area contributed by atoms with Crippen LogP contribution in [0.25, 0.3) is 11.3 Å². The number of carbonyl (C=O) groups excluding carboxylic acids is 2. The van der Waals surface area contributed by atoms with Gasteiger partial charge < -0.3 is 9.72 Å². The quantitative estimate of drug-likeness (QED) is 0.845. The molecule has 1 aromatic heterocycles. The number of rotatable bonds is 2. The van der Waals surface area contributed by atoms with Crippen molar-refractivity contribution in [2.45, 2.75) is 6.54 Å². The summed E-state index contributed by atoms with van der Waals surface area (Å²) in [6.45, 7) is 3.73. The highest BCUT2D eigenvalue weighted by molar-refractivity contribution is 6.52. The molecule has 0 bridgehead atoms. The van der Waals surface area contributed by atoms with Crippen molar-refractivity contribution in [3.05, 3.63) is 41.3 Å². The van der Waals surface area contributed by atoms with Gasteiger partial charge in [-0.1, -0.05) is 24.3 Å². The van der Waals surface area contributed by atoms with Crippen LogP contribution in [0.5, 0.6) is 0 Å². The van der Waals surface area contributed by atoms with Crippen LogP contribution >= 0.6 is 0 Å². The van der Waals surface area contributed by atoms with Crippen molar-refractivity contribution >= 4 is 11.6 Å². The Morgan fingerprint density at radius 1 is 1.09 bits per heavy atom. The van der Waals surface area contributed by atoms with Crippen molar-refractivity contribution in [2.24, 2.45) is 0 Å². The van der Waals surface area contributed by atoms with Crippen LogP contribution in [-0.4, -0.2) is 52.7 Å². The normalized spacial score (nSPS) is 18.2. The Bertz CT molecular complexity index is 760. The molecule has 0 saturated carbocycles. The van der Waals surface area contributed by atoms with E-state index in [1.165, 1.54) is 0 Å². The summed E-state index contributed by atoms with van der Waals surface area (Å²) >= 11 is 0. The summed E-state index contributed by atoms with van der Waals surface area (Å²) in [4.78, 5) is 34.2. The molecule has 1 aliphatic heterocycles. The second-order valence-corrected chi connectivity index (χ2v) is 5.50. The number of morpholine rings is 1. The average molecular weight is 297 g/mol. The molecule has 6 nitrogen and oxygen atoms in total. The molecule has 0 unspecified atom stereocenters. The highest BCUT2D eigenvalue weighted by Crippen LogP contribution is 2.31. The molecule has 22 heavy (non-hydrogen) atoms. The zero-order valence-electron chi connectivity index (χ0n) is 12.0. The van der Waals surface area contributed by atoms with Gasteiger partial charge in [-0.2, -0.15) is 0 Å². The van der Waals surface area contributed by atoms with Crippen molar-refractivity contribution in [1.82, 2.24) is 14.9 Å². The number of carbonyl (C=O) groups is 2. The number of H-pyrrole nitrogens is 1. The minimum atomic E-state index is -0.505. The smallest absolute Gasteiger partial charge is 0.251 e. The monoisotopic (exact) mass is 297 g/mol. The highest BCUT2D eigenvalue weighted by Gasteiger charge is 2.33. The van der Waals surface area contributed by atoms with E-state index in [2.05, 4.69) is 14.9 Å². The van der Waals surface area contributed by atoms with Crippen LogP contribution in [0.2, 0.25) is 0 Å². The van der Waals surface area contributed by atoms with Gasteiger partial charge >= 0.3 is 0 Å². The van der Waals surface area contributed by atoms with Crippen LogP contribution in [0.15, 0.2) is 24.3 Å². The van der Waals surface area contributed by atoms with Crippen LogP contribution < -0.4 is 0 Å². The number of hydrogen-bond donors (Lipinski definition) is 1. The largest absolute Gasteiger partial charge is 0.379 e. The Morgan fingerprint density at radius 2 is 1.82 bits per heavy atom. The second-order valence-electron chi connectivity index (χ2n) is 5.50. The molecule has 112 valence electrons. The summed E-state index contributed by atoms with van der Waals surface area (Å²) in [5.41, 5.74) is 2.06. The topological polar surface area (TPSA) is 75.3 Å². The first kappa shape index (κ1) is 13.4. The highest BCUT2D eigenvalue weighted by atomic mass is 16.5. The summed E-state index contributed by atoms with van der Waals surface area (Å²) in [5, 5.41) is 0. The number of benzene rings is 1. The average Bonchev–Trinajstić information content (AvgIpc) is 2.98. The van der Waals surface area contributed by atoms with Gasteiger partial charge in [0.25, 0.3) is 5.78 Å². The van der Waals surface area contributed by atoms with Crippen molar-refractivity contribution in [3.8, 4) is 11.3 Å². The Balaban J connectivity index is 1.72. The van der Waals surface area contributed by atoms with Crippen molar-refractivity contribution in [3.63, 3.8) is 0 Å². The van der Waals surface area contributed by atoms with E-state index in [9.17, 15) is 9.59 Å². The third-order valence-corrected chi connectivity index (χ3v) is 4.09. The summed E-state index contributed by atoms with van der Waals surface area (Å²) < 4.78 is 5.33. The fourth-order valence-electron chi connectivity index (χ4n) is 2.95. The van der Waals surface area contributed by atoms with Gasteiger partial charge in [-0.05, 0) is 0 Å². The third-order valence-electron chi connectivity index (χ3n) is 4.09. The maximum Gasteiger partial charge on any atom is 0.251 e. The number of ether oxygens (including phenoxy) is 1. The number of aromatic amines is 1. The van der Waals surface area contributed by atoms with Gasteiger partial charge in [0, 0.05) is 24.2 Å². The van der Waals surface area contributed by atoms with Gasteiger partial charge in [-0.15, -0.1) is 0 Å². The number of nitrogens with zero attached hydrogens (tertiary/aromatic N) is 2. The van der Waals surface area contributed by atoms with Gasteiger partial charge in [-0.25, -0.2) is 4.98 Å². The van der Waals surface area contributed by atoms with E-state index in [0.29, 0.717) is 42.5 Å². The van der Waals surface area contributed by atoms with Gasteiger partial charge in [0.05, 0.1) is 19.8 Å². The van der Waals surface area contributed by atoms with E-state index in [-0.39, 0.29) is 0 Å². The van der Waals surface area contributed by atoms with E-state index in [1.807, 2.05) is 12.1 Å². The van der Waals surface area contributed by atoms with Gasteiger partial charge in [0.1, 0.15) is 17.2 Å². The zero-order chi connectivity index (χ0) is 15.1. The predicted molar refractivity (Wildman–Crippen MR) is 78.8 cm³/mol. The van der Waals surface area contributed by atoms with E-state index in [4.69, 9.17) is 4.74 Å². The molecule has 2 heterocycles. The van der Waals surface area contributed by atoms with Crippen LogP contribution in [-0.2, 0) is 11.3 Å². The fraction of sp³-hybridized carbons (Fsp3) is 0.312. The lowest BCUT2D eigenvalue weighted by Gasteiger charge is -2.25. The molecule has 2 aliphatic rings. The maximum absolute atomic E-state index is 12.2. The van der Waals surface area contributed by atoms with Crippen molar-refractivity contribution < 1.29 is 14.3 Å². The summed E-state index contributed by atoms with van der Waals surface area (Å²) in [5.74, 6) is -0.260. The standard InChI is InChI=1S/C16H15N3O3/c20-15-11-4-2-1-3-10(11)13-14(16(15)21)18-12(17-13)9-19-5-7-22-8-6-19/h1-4H,5-9H2,(H,17,18). The minimum Gasteiger partial charge on any atom is -0.379 e. The Kier molecular flexibility index (Phi) is 3.13. The fourth-order valence-corrected chi connectivity index (χ4v) is 2.95. The van der Waals surface area contributed by atoms with Gasteiger partial charge in [0.15, 0.2) is 0 Å². The number of Topliss-reactive ketones (excluding diaryl/α,β-unsaturated/α-hetero) is 2. The van der Waals surface area contributed by atoms with Crippen LogP contribution in [0, 0.1) is 0 Å². The van der Waals surface area contributed by atoms with Crippen LogP contribution in [0.4, 0.5) is 0 Å². The van der Waals surface area contributed by atoms with Crippen molar-refractivity contribution in [1.29, 1.82) is 0 Å². The molecule has 1 aliphatic carbocycles. The lowest BCUT2D eigenvalue weighted by molar-refractivity contribution is 0.0331. The minimum absolute atomic E-state index is 0.312. The predicted octanol–water partition coefficient (Wildman–Crippen LogP) is 1.29. The second kappa shape index (κ2) is 5.15. The molecule has 6 heteroatoms. The Morgan fingerprint density at radius 3 is 2.59 bits per heavy atom. The number of ketones is 2. The SMILES string of the molecule is O=C1C(=O)c2[nH]c(CN3CCOCC3)nc2-c2ccccc21.